The van der Waals surface area contributed by atoms with Gasteiger partial charge in [-0.05, 0) is 42.3 Å². The number of aliphatic carboxylic acids is 1. The molecule has 2 rings (SSSR count). The first kappa shape index (κ1) is 20.4. The van der Waals surface area contributed by atoms with Gasteiger partial charge in [0.1, 0.15) is 0 Å². The number of carboxylic acid groups (broad SMARTS) is 1. The van der Waals surface area contributed by atoms with Crippen LogP contribution in [0.5, 0.6) is 0 Å². The molecule has 1 atom stereocenters. The Morgan fingerprint density at radius 3 is 2.22 bits per heavy atom. The molecule has 7 nitrogen and oxygen atoms in total. The SMILES string of the molecule is CC(CNC(=O)c1ccc(S(=O)(=O)N(C)c2ccccc2)cc1)CC(=O)O. The van der Waals surface area contributed by atoms with Gasteiger partial charge in [-0.3, -0.25) is 13.9 Å². The predicted molar refractivity (Wildman–Crippen MR) is 102 cm³/mol. The van der Waals surface area contributed by atoms with Crippen LogP contribution in [0.15, 0.2) is 59.5 Å². The molecule has 1 amide bonds. The van der Waals surface area contributed by atoms with Crippen molar-refractivity contribution in [3.63, 3.8) is 0 Å². The van der Waals surface area contributed by atoms with E-state index >= 15 is 0 Å². The summed E-state index contributed by atoms with van der Waals surface area (Å²) in [5, 5.41) is 11.4. The van der Waals surface area contributed by atoms with Crippen LogP contribution in [-0.2, 0) is 14.8 Å². The fraction of sp³-hybridized carbons (Fsp3) is 0.263. The Morgan fingerprint density at radius 1 is 1.07 bits per heavy atom. The monoisotopic (exact) mass is 390 g/mol. The first-order valence-corrected chi connectivity index (χ1v) is 9.80. The predicted octanol–water partition coefficient (Wildman–Crippen LogP) is 2.35. The summed E-state index contributed by atoms with van der Waals surface area (Å²) < 4.78 is 26.6. The van der Waals surface area contributed by atoms with Gasteiger partial charge in [0.05, 0.1) is 10.6 Å². The summed E-state index contributed by atoms with van der Waals surface area (Å²) in [7, 11) is -2.27. The molecular formula is C19H22N2O5S. The molecule has 0 saturated heterocycles. The van der Waals surface area contributed by atoms with E-state index in [1.807, 2.05) is 0 Å². The standard InChI is InChI=1S/C19H22N2O5S/c1-14(12-18(22)23)13-20-19(24)15-8-10-17(11-9-15)27(25,26)21(2)16-6-4-3-5-7-16/h3-11,14H,12-13H2,1-2H3,(H,20,24)(H,22,23). The second kappa shape index (κ2) is 8.68. The van der Waals surface area contributed by atoms with Gasteiger partial charge in [-0.15, -0.1) is 0 Å². The van der Waals surface area contributed by atoms with Crippen LogP contribution in [-0.4, -0.2) is 39.0 Å². The van der Waals surface area contributed by atoms with Gasteiger partial charge < -0.3 is 10.4 Å². The molecule has 0 aliphatic heterocycles. The van der Waals surface area contributed by atoms with Gasteiger partial charge in [0, 0.05) is 25.6 Å². The molecule has 0 aromatic heterocycles. The Hall–Kier alpha value is -2.87. The quantitative estimate of drug-likeness (QED) is 0.720. The number of anilines is 1. The van der Waals surface area contributed by atoms with Crippen LogP contribution in [0.25, 0.3) is 0 Å². The zero-order chi connectivity index (χ0) is 20.0. The molecule has 0 aliphatic carbocycles. The number of rotatable bonds is 8. The van der Waals surface area contributed by atoms with Gasteiger partial charge in [0.15, 0.2) is 0 Å². The summed E-state index contributed by atoms with van der Waals surface area (Å²) in [6, 6.07) is 14.3. The first-order valence-electron chi connectivity index (χ1n) is 8.36. The molecule has 0 fully saturated rings. The average Bonchev–Trinajstić information content (AvgIpc) is 2.65. The molecule has 2 aromatic carbocycles. The normalized spacial score (nSPS) is 12.2. The summed E-state index contributed by atoms with van der Waals surface area (Å²) >= 11 is 0. The summed E-state index contributed by atoms with van der Waals surface area (Å²) in [6.45, 7) is 1.95. The van der Waals surface area contributed by atoms with E-state index in [2.05, 4.69) is 5.32 Å². The molecule has 27 heavy (non-hydrogen) atoms. The van der Waals surface area contributed by atoms with E-state index in [1.54, 1.807) is 37.3 Å². The summed E-state index contributed by atoms with van der Waals surface area (Å²) in [5.41, 5.74) is 0.838. The van der Waals surface area contributed by atoms with Crippen molar-refractivity contribution in [2.75, 3.05) is 17.9 Å². The van der Waals surface area contributed by atoms with Crippen molar-refractivity contribution >= 4 is 27.6 Å². The van der Waals surface area contributed by atoms with E-state index in [0.29, 0.717) is 11.3 Å². The fourth-order valence-corrected chi connectivity index (χ4v) is 3.65. The molecule has 2 N–H and O–H groups in total. The third-order valence-corrected chi connectivity index (χ3v) is 5.83. The largest absolute Gasteiger partial charge is 0.481 e. The van der Waals surface area contributed by atoms with Crippen LogP contribution in [0.4, 0.5) is 5.69 Å². The van der Waals surface area contributed by atoms with Gasteiger partial charge in [-0.1, -0.05) is 25.1 Å². The third-order valence-electron chi connectivity index (χ3n) is 4.03. The molecule has 0 aliphatic rings. The highest BCUT2D eigenvalue weighted by molar-refractivity contribution is 7.92. The number of carbonyl (C=O) groups is 2. The van der Waals surface area contributed by atoms with Crippen LogP contribution in [0, 0.1) is 5.92 Å². The number of sulfonamides is 1. The Kier molecular flexibility index (Phi) is 6.57. The van der Waals surface area contributed by atoms with Gasteiger partial charge in [0.2, 0.25) is 0 Å². The first-order chi connectivity index (χ1) is 12.7. The molecule has 144 valence electrons. The van der Waals surface area contributed by atoms with Crippen molar-refractivity contribution in [2.45, 2.75) is 18.2 Å². The van der Waals surface area contributed by atoms with Crippen molar-refractivity contribution in [2.24, 2.45) is 5.92 Å². The van der Waals surface area contributed by atoms with E-state index in [-0.39, 0.29) is 29.7 Å². The minimum Gasteiger partial charge on any atom is -0.481 e. The van der Waals surface area contributed by atoms with E-state index in [0.717, 1.165) is 0 Å². The molecule has 2 aromatic rings. The number of carboxylic acids is 1. The molecule has 0 heterocycles. The Labute approximate surface area is 158 Å². The number of amides is 1. The molecular weight excluding hydrogens is 368 g/mol. The number of carbonyl (C=O) groups excluding carboxylic acids is 1. The van der Waals surface area contributed by atoms with Crippen LogP contribution in [0.3, 0.4) is 0 Å². The lowest BCUT2D eigenvalue weighted by Crippen LogP contribution is -2.29. The number of nitrogens with zero attached hydrogens (tertiary/aromatic N) is 1. The zero-order valence-corrected chi connectivity index (χ0v) is 15.9. The number of hydrogen-bond acceptors (Lipinski definition) is 4. The Balaban J connectivity index is 2.07. The summed E-state index contributed by atoms with van der Waals surface area (Å²) in [5.74, 6) is -1.51. The van der Waals surface area contributed by atoms with Crippen LogP contribution in [0.1, 0.15) is 23.7 Å². The highest BCUT2D eigenvalue weighted by Gasteiger charge is 2.21. The van der Waals surface area contributed by atoms with E-state index in [9.17, 15) is 18.0 Å². The number of para-hydroxylation sites is 1. The second-order valence-corrected chi connectivity index (χ2v) is 8.21. The maximum Gasteiger partial charge on any atom is 0.303 e. The lowest BCUT2D eigenvalue weighted by Gasteiger charge is -2.19. The highest BCUT2D eigenvalue weighted by Crippen LogP contribution is 2.21. The van der Waals surface area contributed by atoms with Crippen LogP contribution < -0.4 is 9.62 Å². The number of benzene rings is 2. The molecule has 1 unspecified atom stereocenters. The maximum atomic E-state index is 12.7. The third kappa shape index (κ3) is 5.30. The van der Waals surface area contributed by atoms with Gasteiger partial charge >= 0.3 is 5.97 Å². The van der Waals surface area contributed by atoms with Crippen molar-refractivity contribution in [1.29, 1.82) is 0 Å². The second-order valence-electron chi connectivity index (χ2n) is 6.25. The molecule has 0 bridgehead atoms. The Bertz CT molecular complexity index is 895. The van der Waals surface area contributed by atoms with Crippen molar-refractivity contribution < 1.29 is 23.1 Å². The van der Waals surface area contributed by atoms with Gasteiger partial charge in [0.25, 0.3) is 15.9 Å². The highest BCUT2D eigenvalue weighted by atomic mass is 32.2. The maximum absolute atomic E-state index is 12.7. The lowest BCUT2D eigenvalue weighted by molar-refractivity contribution is -0.137. The molecule has 0 saturated carbocycles. The van der Waals surface area contributed by atoms with Crippen molar-refractivity contribution in [3.05, 3.63) is 60.2 Å². The minimum atomic E-state index is -3.74. The van der Waals surface area contributed by atoms with E-state index < -0.39 is 16.0 Å². The minimum absolute atomic E-state index is 0.0384. The van der Waals surface area contributed by atoms with Crippen molar-refractivity contribution in [1.82, 2.24) is 5.32 Å². The summed E-state index contributed by atoms with van der Waals surface area (Å²) in [4.78, 5) is 22.8. The number of nitrogens with one attached hydrogen (secondary N) is 1. The molecule has 0 spiro atoms. The van der Waals surface area contributed by atoms with Gasteiger partial charge in [-0.2, -0.15) is 0 Å². The summed E-state index contributed by atoms with van der Waals surface area (Å²) in [6.07, 6.45) is -0.0384. The molecule has 8 heteroatoms. The average molecular weight is 390 g/mol. The lowest BCUT2D eigenvalue weighted by atomic mass is 10.1. The van der Waals surface area contributed by atoms with Crippen LogP contribution >= 0.6 is 0 Å². The van der Waals surface area contributed by atoms with Crippen molar-refractivity contribution in [3.8, 4) is 0 Å². The van der Waals surface area contributed by atoms with E-state index in [1.165, 1.54) is 35.6 Å². The van der Waals surface area contributed by atoms with Gasteiger partial charge in [-0.25, -0.2) is 8.42 Å². The smallest absolute Gasteiger partial charge is 0.303 e. The van der Waals surface area contributed by atoms with E-state index in [4.69, 9.17) is 5.11 Å². The zero-order valence-electron chi connectivity index (χ0n) is 15.1. The topological polar surface area (TPSA) is 104 Å². The van der Waals surface area contributed by atoms with Crippen LogP contribution in [0.2, 0.25) is 0 Å². The fourth-order valence-electron chi connectivity index (χ4n) is 2.45. The Morgan fingerprint density at radius 2 is 1.67 bits per heavy atom. The number of hydrogen-bond donors (Lipinski definition) is 2. The molecule has 0 radical (unpaired) electrons.